The second kappa shape index (κ2) is 6.60. The first-order valence-electron chi connectivity index (χ1n) is 7.04. The van der Waals surface area contributed by atoms with Crippen LogP contribution in [0.1, 0.15) is 11.3 Å². The average Bonchev–Trinajstić information content (AvgIpc) is 2.57. The van der Waals surface area contributed by atoms with Crippen LogP contribution in [0.15, 0.2) is 64.6 Å². The number of hydrogen-bond donors (Lipinski definition) is 0. The van der Waals surface area contributed by atoms with E-state index in [9.17, 15) is 13.2 Å². The number of nitrogens with zero attached hydrogens (tertiary/aromatic N) is 3. The Balaban J connectivity index is 2.03. The molecule has 0 bridgehead atoms. The highest BCUT2D eigenvalue weighted by Gasteiger charge is 2.34. The maximum absolute atomic E-state index is 13.1. The van der Waals surface area contributed by atoms with Crippen molar-refractivity contribution in [3.63, 3.8) is 0 Å². The molecule has 0 aliphatic carbocycles. The molecule has 2 heterocycles. The lowest BCUT2D eigenvalue weighted by molar-refractivity contribution is -0.141. The van der Waals surface area contributed by atoms with E-state index in [1.807, 2.05) is 31.2 Å². The predicted octanol–water partition coefficient (Wildman–Crippen LogP) is 5.02. The highest BCUT2D eigenvalue weighted by molar-refractivity contribution is 7.99. The first-order valence-corrected chi connectivity index (χ1v) is 7.86. The lowest BCUT2D eigenvalue weighted by Crippen LogP contribution is -2.10. The van der Waals surface area contributed by atoms with Crippen LogP contribution in [0.5, 0.6) is 0 Å². The van der Waals surface area contributed by atoms with Gasteiger partial charge in [0.1, 0.15) is 16.4 Å². The van der Waals surface area contributed by atoms with Crippen molar-refractivity contribution < 1.29 is 13.2 Å². The van der Waals surface area contributed by atoms with Crippen molar-refractivity contribution in [3.05, 3.63) is 66.0 Å². The number of benzene rings is 1. The molecule has 0 amide bonds. The van der Waals surface area contributed by atoms with Gasteiger partial charge in [-0.2, -0.15) is 13.2 Å². The minimum absolute atomic E-state index is 0.0416. The van der Waals surface area contributed by atoms with Crippen LogP contribution in [0.3, 0.4) is 0 Å². The van der Waals surface area contributed by atoms with E-state index in [1.165, 1.54) is 6.20 Å². The molecule has 3 nitrogen and oxygen atoms in total. The summed E-state index contributed by atoms with van der Waals surface area (Å²) in [5.41, 5.74) is 0.398. The summed E-state index contributed by atoms with van der Waals surface area (Å²) >= 11 is 1.16. The van der Waals surface area contributed by atoms with Crippen molar-refractivity contribution in [2.24, 2.45) is 0 Å². The molecule has 0 saturated heterocycles. The van der Waals surface area contributed by atoms with Gasteiger partial charge in [0.2, 0.25) is 0 Å². The van der Waals surface area contributed by atoms with Crippen LogP contribution in [0.2, 0.25) is 0 Å². The fraction of sp³-hybridized carbons (Fsp3) is 0.118. The lowest BCUT2D eigenvalue weighted by Gasteiger charge is -2.10. The van der Waals surface area contributed by atoms with Crippen molar-refractivity contribution >= 4 is 11.8 Å². The van der Waals surface area contributed by atoms with E-state index in [1.54, 1.807) is 18.2 Å². The first kappa shape index (κ1) is 16.4. The van der Waals surface area contributed by atoms with Gasteiger partial charge in [0.05, 0.1) is 0 Å². The fourth-order valence-electron chi connectivity index (χ4n) is 1.96. The maximum Gasteiger partial charge on any atom is 0.433 e. The molecule has 7 heteroatoms. The summed E-state index contributed by atoms with van der Waals surface area (Å²) in [6, 6.07) is 13.4. The highest BCUT2D eigenvalue weighted by atomic mass is 32.2. The van der Waals surface area contributed by atoms with Gasteiger partial charge in [-0.1, -0.05) is 35.5 Å². The molecule has 3 aromatic rings. The Morgan fingerprint density at radius 3 is 2.33 bits per heavy atom. The summed E-state index contributed by atoms with van der Waals surface area (Å²) in [5, 5.41) is 0.224. The Kier molecular flexibility index (Phi) is 4.53. The summed E-state index contributed by atoms with van der Waals surface area (Å²) in [4.78, 5) is 12.7. The normalized spacial score (nSPS) is 11.5. The molecule has 0 aliphatic rings. The topological polar surface area (TPSA) is 38.7 Å². The first-order chi connectivity index (χ1) is 11.4. The molecule has 2 aromatic heterocycles. The zero-order valence-corrected chi connectivity index (χ0v) is 13.4. The molecule has 0 N–H and O–H groups in total. The van der Waals surface area contributed by atoms with Gasteiger partial charge in [0.15, 0.2) is 5.82 Å². The van der Waals surface area contributed by atoms with E-state index in [2.05, 4.69) is 15.0 Å². The molecule has 122 valence electrons. The molecule has 0 unspecified atom stereocenters. The van der Waals surface area contributed by atoms with Crippen LogP contribution < -0.4 is 0 Å². The zero-order valence-electron chi connectivity index (χ0n) is 12.6. The van der Waals surface area contributed by atoms with Gasteiger partial charge < -0.3 is 0 Å². The minimum atomic E-state index is -4.55. The monoisotopic (exact) mass is 347 g/mol. The molecule has 1 aromatic carbocycles. The summed E-state index contributed by atoms with van der Waals surface area (Å²) in [6.07, 6.45) is -3.05. The van der Waals surface area contributed by atoms with Crippen molar-refractivity contribution in [2.75, 3.05) is 0 Å². The van der Waals surface area contributed by atoms with Gasteiger partial charge in [-0.3, -0.25) is 4.98 Å². The molecule has 24 heavy (non-hydrogen) atoms. The molecule has 0 spiro atoms. The highest BCUT2D eigenvalue weighted by Crippen LogP contribution is 2.34. The van der Waals surface area contributed by atoms with Gasteiger partial charge in [0.25, 0.3) is 0 Å². The van der Waals surface area contributed by atoms with Crippen LogP contribution in [-0.4, -0.2) is 15.0 Å². The summed E-state index contributed by atoms with van der Waals surface area (Å²) in [5.74, 6) is -0.0416. The number of halogens is 3. The fourth-order valence-corrected chi connectivity index (χ4v) is 2.78. The van der Waals surface area contributed by atoms with Crippen LogP contribution in [0.4, 0.5) is 13.2 Å². The summed E-state index contributed by atoms with van der Waals surface area (Å²) in [7, 11) is 0. The van der Waals surface area contributed by atoms with E-state index < -0.39 is 11.9 Å². The number of rotatable bonds is 3. The van der Waals surface area contributed by atoms with E-state index in [4.69, 9.17) is 0 Å². The molecule has 0 saturated carbocycles. The third-order valence-corrected chi connectivity index (χ3v) is 4.06. The standard InChI is InChI=1S/C17H12F3N3S/c1-11-5-7-12(8-6-11)24-15-10-14(17(18,19)20)22-16(23-15)13-4-2-3-9-21-13/h2-10H,1H3. The number of pyridine rings is 1. The van der Waals surface area contributed by atoms with Crippen molar-refractivity contribution in [1.29, 1.82) is 0 Å². The van der Waals surface area contributed by atoms with E-state index >= 15 is 0 Å². The SMILES string of the molecule is Cc1ccc(Sc2cc(C(F)(F)F)nc(-c3ccccn3)n2)cc1. The molecule has 0 radical (unpaired) electrons. The summed E-state index contributed by atoms with van der Waals surface area (Å²) in [6.45, 7) is 1.94. The van der Waals surface area contributed by atoms with Gasteiger partial charge in [-0.05, 0) is 31.2 Å². The molecule has 0 atom stereocenters. The molecule has 3 rings (SSSR count). The largest absolute Gasteiger partial charge is 0.433 e. The Morgan fingerprint density at radius 2 is 1.71 bits per heavy atom. The number of alkyl halides is 3. The molecular weight excluding hydrogens is 335 g/mol. The third-order valence-electron chi connectivity index (χ3n) is 3.13. The van der Waals surface area contributed by atoms with Crippen molar-refractivity contribution in [2.45, 2.75) is 23.0 Å². The second-order valence-corrected chi connectivity index (χ2v) is 6.14. The van der Waals surface area contributed by atoms with Crippen LogP contribution in [-0.2, 0) is 6.18 Å². The van der Waals surface area contributed by atoms with Crippen LogP contribution in [0.25, 0.3) is 11.5 Å². The maximum atomic E-state index is 13.1. The van der Waals surface area contributed by atoms with Gasteiger partial charge in [0, 0.05) is 17.2 Å². The van der Waals surface area contributed by atoms with Gasteiger partial charge in [-0.15, -0.1) is 0 Å². The quantitative estimate of drug-likeness (QED) is 0.624. The lowest BCUT2D eigenvalue weighted by atomic mass is 10.2. The number of aryl methyl sites for hydroxylation is 1. The van der Waals surface area contributed by atoms with E-state index in [0.717, 1.165) is 28.3 Å². The minimum Gasteiger partial charge on any atom is -0.253 e. The Bertz CT molecular complexity index is 834. The Labute approximate surface area is 141 Å². The van der Waals surface area contributed by atoms with Crippen LogP contribution in [0, 0.1) is 6.92 Å². The van der Waals surface area contributed by atoms with Gasteiger partial charge >= 0.3 is 6.18 Å². The molecular formula is C17H12F3N3S. The predicted molar refractivity (Wildman–Crippen MR) is 85.6 cm³/mol. The number of hydrogen-bond acceptors (Lipinski definition) is 4. The van der Waals surface area contributed by atoms with E-state index in [0.29, 0.717) is 5.69 Å². The molecule has 0 aliphatic heterocycles. The van der Waals surface area contributed by atoms with Crippen LogP contribution >= 0.6 is 11.8 Å². The Hall–Kier alpha value is -2.41. The van der Waals surface area contributed by atoms with Crippen molar-refractivity contribution in [3.8, 4) is 11.5 Å². The second-order valence-electron chi connectivity index (χ2n) is 5.04. The van der Waals surface area contributed by atoms with Crippen molar-refractivity contribution in [1.82, 2.24) is 15.0 Å². The Morgan fingerprint density at radius 1 is 0.958 bits per heavy atom. The zero-order chi connectivity index (χ0) is 17.2. The smallest absolute Gasteiger partial charge is 0.253 e. The third kappa shape index (κ3) is 3.91. The average molecular weight is 347 g/mol. The molecule has 0 fully saturated rings. The summed E-state index contributed by atoms with van der Waals surface area (Å²) < 4.78 is 39.4. The number of aromatic nitrogens is 3. The van der Waals surface area contributed by atoms with Gasteiger partial charge in [-0.25, -0.2) is 9.97 Å². The van der Waals surface area contributed by atoms with E-state index in [-0.39, 0.29) is 10.9 Å².